The molecule has 4 nitrogen and oxygen atoms in total. The minimum absolute atomic E-state index is 0.0164. The van der Waals surface area contributed by atoms with Crippen LogP contribution in [0.3, 0.4) is 0 Å². The van der Waals surface area contributed by atoms with E-state index in [4.69, 9.17) is 10.5 Å². The monoisotopic (exact) mass is 288 g/mol. The summed E-state index contributed by atoms with van der Waals surface area (Å²) in [6, 6.07) is 11.7. The van der Waals surface area contributed by atoms with Crippen molar-refractivity contribution in [2.24, 2.45) is 0 Å². The van der Waals surface area contributed by atoms with Gasteiger partial charge in [-0.25, -0.2) is 4.39 Å². The Morgan fingerprint density at radius 2 is 2.00 bits per heavy atom. The lowest BCUT2D eigenvalue weighted by molar-refractivity contribution is 0.0947. The first-order chi connectivity index (χ1) is 10.1. The zero-order valence-corrected chi connectivity index (χ0v) is 11.7. The lowest BCUT2D eigenvalue weighted by Gasteiger charge is -2.08. The summed E-state index contributed by atoms with van der Waals surface area (Å²) >= 11 is 0. The zero-order chi connectivity index (χ0) is 15.2. The van der Waals surface area contributed by atoms with Gasteiger partial charge in [0, 0.05) is 19.3 Å². The van der Waals surface area contributed by atoms with Crippen LogP contribution in [0, 0.1) is 5.82 Å². The number of nitrogens with two attached hydrogens (primary N) is 1. The number of halogens is 1. The van der Waals surface area contributed by atoms with Gasteiger partial charge in [-0.3, -0.25) is 4.79 Å². The highest BCUT2D eigenvalue weighted by Gasteiger charge is 2.11. The summed E-state index contributed by atoms with van der Waals surface area (Å²) in [6.45, 7) is 0.828. The second-order valence-corrected chi connectivity index (χ2v) is 4.67. The fraction of sp³-hybridized carbons (Fsp3) is 0.188. The summed E-state index contributed by atoms with van der Waals surface area (Å²) in [4.78, 5) is 11.9. The number of carbonyl (C=O) groups excluding carboxylic acids is 1. The van der Waals surface area contributed by atoms with E-state index in [1.807, 2.05) is 24.3 Å². The number of nitrogen functional groups attached to an aromatic ring is 1. The molecule has 0 radical (unpaired) electrons. The Balaban J connectivity index is 2.02. The van der Waals surface area contributed by atoms with Crippen LogP contribution in [0.1, 0.15) is 21.5 Å². The Morgan fingerprint density at radius 3 is 2.71 bits per heavy atom. The molecule has 110 valence electrons. The maximum absolute atomic E-state index is 13.6. The van der Waals surface area contributed by atoms with Gasteiger partial charge in [0.25, 0.3) is 5.91 Å². The Bertz CT molecular complexity index is 644. The van der Waals surface area contributed by atoms with E-state index in [1.54, 1.807) is 7.11 Å². The minimum atomic E-state index is -0.624. The van der Waals surface area contributed by atoms with Gasteiger partial charge in [-0.15, -0.1) is 0 Å². The van der Waals surface area contributed by atoms with Gasteiger partial charge in [0.05, 0.1) is 12.2 Å². The molecule has 0 saturated heterocycles. The van der Waals surface area contributed by atoms with Crippen LogP contribution in [0.15, 0.2) is 42.5 Å². The number of benzene rings is 2. The molecule has 0 saturated carbocycles. The first kappa shape index (κ1) is 15.0. The molecule has 0 bridgehead atoms. The largest absolute Gasteiger partial charge is 0.399 e. The number of methoxy groups -OCH3 is 1. The topological polar surface area (TPSA) is 64.3 Å². The highest BCUT2D eigenvalue weighted by atomic mass is 19.1. The van der Waals surface area contributed by atoms with Gasteiger partial charge < -0.3 is 15.8 Å². The van der Waals surface area contributed by atoms with E-state index in [1.165, 1.54) is 12.1 Å². The summed E-state index contributed by atoms with van der Waals surface area (Å²) in [6.07, 6.45) is 0. The van der Waals surface area contributed by atoms with E-state index in [-0.39, 0.29) is 11.3 Å². The van der Waals surface area contributed by atoms with Crippen LogP contribution in [-0.2, 0) is 17.9 Å². The van der Waals surface area contributed by atoms with Crippen molar-refractivity contribution in [1.29, 1.82) is 0 Å². The number of hydrogen-bond donors (Lipinski definition) is 2. The first-order valence-electron chi connectivity index (χ1n) is 6.50. The second-order valence-electron chi connectivity index (χ2n) is 4.67. The van der Waals surface area contributed by atoms with Crippen molar-refractivity contribution in [2.75, 3.05) is 12.8 Å². The maximum atomic E-state index is 13.6. The molecule has 5 heteroatoms. The number of carbonyl (C=O) groups is 1. The second kappa shape index (κ2) is 6.85. The number of hydrogen-bond acceptors (Lipinski definition) is 3. The van der Waals surface area contributed by atoms with E-state index in [2.05, 4.69) is 5.32 Å². The summed E-state index contributed by atoms with van der Waals surface area (Å²) in [7, 11) is 1.62. The van der Waals surface area contributed by atoms with E-state index < -0.39 is 11.7 Å². The average Bonchev–Trinajstić information content (AvgIpc) is 2.45. The fourth-order valence-corrected chi connectivity index (χ4v) is 1.99. The van der Waals surface area contributed by atoms with Crippen LogP contribution in [0.25, 0.3) is 0 Å². The van der Waals surface area contributed by atoms with Crippen molar-refractivity contribution in [3.63, 3.8) is 0 Å². The summed E-state index contributed by atoms with van der Waals surface area (Å²) in [5.41, 5.74) is 7.67. The van der Waals surface area contributed by atoms with Crippen molar-refractivity contribution < 1.29 is 13.9 Å². The van der Waals surface area contributed by atoms with Crippen molar-refractivity contribution in [3.8, 4) is 0 Å². The van der Waals surface area contributed by atoms with Crippen molar-refractivity contribution in [1.82, 2.24) is 5.32 Å². The predicted molar refractivity (Wildman–Crippen MR) is 79.1 cm³/mol. The number of ether oxygens (including phenoxy) is 1. The molecule has 0 fully saturated rings. The molecule has 0 aromatic heterocycles. The molecule has 2 aromatic rings. The van der Waals surface area contributed by atoms with Crippen molar-refractivity contribution in [3.05, 3.63) is 65.0 Å². The summed E-state index contributed by atoms with van der Waals surface area (Å²) in [5.74, 6) is -1.09. The van der Waals surface area contributed by atoms with Gasteiger partial charge >= 0.3 is 0 Å². The van der Waals surface area contributed by atoms with Crippen LogP contribution < -0.4 is 11.1 Å². The van der Waals surface area contributed by atoms with Gasteiger partial charge in [0.15, 0.2) is 0 Å². The number of amides is 1. The lowest BCUT2D eigenvalue weighted by Crippen LogP contribution is -2.24. The van der Waals surface area contributed by atoms with Crippen LogP contribution >= 0.6 is 0 Å². The standard InChI is InChI=1S/C16H17FN2O2/c1-21-10-12-4-2-3-11(7-12)9-19-16(20)14-6-5-13(18)8-15(14)17/h2-8H,9-10,18H2,1H3,(H,19,20). The molecular weight excluding hydrogens is 271 g/mol. The molecule has 3 N–H and O–H groups in total. The minimum Gasteiger partial charge on any atom is -0.399 e. The number of anilines is 1. The lowest BCUT2D eigenvalue weighted by atomic mass is 10.1. The molecule has 2 rings (SSSR count). The molecule has 0 aliphatic rings. The van der Waals surface area contributed by atoms with Gasteiger partial charge in [-0.2, -0.15) is 0 Å². The zero-order valence-electron chi connectivity index (χ0n) is 11.7. The van der Waals surface area contributed by atoms with Crippen molar-refractivity contribution >= 4 is 11.6 Å². The average molecular weight is 288 g/mol. The van der Waals surface area contributed by atoms with E-state index in [9.17, 15) is 9.18 Å². The van der Waals surface area contributed by atoms with E-state index >= 15 is 0 Å². The summed E-state index contributed by atoms with van der Waals surface area (Å²) in [5, 5.41) is 2.68. The molecule has 0 aliphatic heterocycles. The number of rotatable bonds is 5. The predicted octanol–water partition coefficient (Wildman–Crippen LogP) is 2.48. The van der Waals surface area contributed by atoms with Crippen LogP contribution in [0.4, 0.5) is 10.1 Å². The fourth-order valence-electron chi connectivity index (χ4n) is 1.99. The smallest absolute Gasteiger partial charge is 0.254 e. The van der Waals surface area contributed by atoms with Gasteiger partial charge in [0.2, 0.25) is 0 Å². The Morgan fingerprint density at radius 1 is 1.24 bits per heavy atom. The molecule has 0 aliphatic carbocycles. The SMILES string of the molecule is COCc1cccc(CNC(=O)c2ccc(N)cc2F)c1. The molecule has 0 unspecified atom stereocenters. The highest BCUT2D eigenvalue weighted by Crippen LogP contribution is 2.12. The first-order valence-corrected chi connectivity index (χ1v) is 6.50. The Kier molecular flexibility index (Phi) is 4.90. The highest BCUT2D eigenvalue weighted by molar-refractivity contribution is 5.94. The molecule has 0 atom stereocenters. The molecule has 21 heavy (non-hydrogen) atoms. The quantitative estimate of drug-likeness (QED) is 0.831. The Labute approximate surface area is 122 Å². The number of nitrogens with one attached hydrogen (secondary N) is 1. The van der Waals surface area contributed by atoms with Crippen LogP contribution in [-0.4, -0.2) is 13.0 Å². The Hall–Kier alpha value is -2.40. The van der Waals surface area contributed by atoms with Crippen molar-refractivity contribution in [2.45, 2.75) is 13.2 Å². The van der Waals surface area contributed by atoms with Gasteiger partial charge in [-0.05, 0) is 29.3 Å². The maximum Gasteiger partial charge on any atom is 0.254 e. The summed E-state index contributed by atoms with van der Waals surface area (Å²) < 4.78 is 18.7. The molecule has 1 amide bonds. The van der Waals surface area contributed by atoms with Gasteiger partial charge in [0.1, 0.15) is 5.82 Å². The molecular formula is C16H17FN2O2. The molecule has 0 spiro atoms. The van der Waals surface area contributed by atoms with Crippen LogP contribution in [0.2, 0.25) is 0 Å². The normalized spacial score (nSPS) is 10.4. The molecule has 2 aromatic carbocycles. The molecule has 0 heterocycles. The van der Waals surface area contributed by atoms with E-state index in [0.29, 0.717) is 13.2 Å². The van der Waals surface area contributed by atoms with E-state index in [0.717, 1.165) is 17.2 Å². The van der Waals surface area contributed by atoms with Gasteiger partial charge in [-0.1, -0.05) is 24.3 Å². The third-order valence-electron chi connectivity index (χ3n) is 2.99. The van der Waals surface area contributed by atoms with Crippen LogP contribution in [0.5, 0.6) is 0 Å². The third-order valence-corrected chi connectivity index (χ3v) is 2.99. The third kappa shape index (κ3) is 4.03.